The number of rotatable bonds is 10. The average Bonchev–Trinajstić information content (AvgIpc) is 2.72. The van der Waals surface area contributed by atoms with Crippen molar-refractivity contribution < 1.29 is 8.85 Å². The first-order valence-corrected chi connectivity index (χ1v) is 49.5. The second kappa shape index (κ2) is 12.9. The lowest BCUT2D eigenvalue weighted by molar-refractivity contribution is 0.317. The third kappa shape index (κ3) is 5.52. The Balaban J connectivity index is 2.65. The summed E-state index contributed by atoms with van der Waals surface area (Å²) >= 11 is 0. The first-order chi connectivity index (χ1) is 14.9. The van der Waals surface area contributed by atoms with Gasteiger partial charge in [0.05, 0.1) is 24.0 Å². The number of hydrogen-bond acceptors (Lipinski definition) is 2. The van der Waals surface area contributed by atoms with E-state index in [0.29, 0.717) is 0 Å². The van der Waals surface area contributed by atoms with Crippen molar-refractivity contribution in [3.8, 4) is 0 Å². The van der Waals surface area contributed by atoms with Crippen LogP contribution in [0.3, 0.4) is 0 Å². The van der Waals surface area contributed by atoms with Crippen LogP contribution in [-0.2, 0) is 8.85 Å². The van der Waals surface area contributed by atoms with E-state index in [0.717, 1.165) is 13.2 Å². The van der Waals surface area contributed by atoms with Crippen LogP contribution in [0.25, 0.3) is 0 Å². The monoisotopic (exact) mass is 632 g/mol. The average molecular weight is 634 g/mol. The molecular formula is C18H48O2Si12. The van der Waals surface area contributed by atoms with Crippen LogP contribution in [0.2, 0.25) is 65.5 Å². The molecular weight excluding hydrogens is 585 g/mol. The van der Waals surface area contributed by atoms with E-state index in [4.69, 9.17) is 8.85 Å². The molecule has 2 atom stereocenters. The van der Waals surface area contributed by atoms with Gasteiger partial charge in [0.1, 0.15) is 6.87 Å². The van der Waals surface area contributed by atoms with Crippen molar-refractivity contribution >= 4 is 92.1 Å². The fraction of sp³-hybridized carbons (Fsp3) is 1.00. The second-order valence-corrected chi connectivity index (χ2v) is 108. The molecule has 2 aliphatic rings. The maximum atomic E-state index is 7.56. The first kappa shape index (κ1) is 30.7. The third-order valence-corrected chi connectivity index (χ3v) is 228. The molecule has 2 aliphatic heterocycles. The molecule has 2 saturated heterocycles. The molecule has 180 valence electrons. The molecule has 2 heterocycles. The van der Waals surface area contributed by atoms with Crippen molar-refractivity contribution in [2.24, 2.45) is 0 Å². The molecule has 10 radical (unpaired) electrons. The van der Waals surface area contributed by atoms with E-state index in [9.17, 15) is 0 Å². The highest BCUT2D eigenvalue weighted by Crippen LogP contribution is 2.37. The summed E-state index contributed by atoms with van der Waals surface area (Å²) in [6.45, 7) is 33.7. The van der Waals surface area contributed by atoms with Gasteiger partial charge in [-0.25, -0.2) is 0 Å². The predicted octanol–water partition coefficient (Wildman–Crippen LogP) is 3.80. The van der Waals surface area contributed by atoms with Crippen LogP contribution in [0.5, 0.6) is 0 Å². The van der Waals surface area contributed by atoms with Gasteiger partial charge in [-0.15, -0.1) is 0 Å². The van der Waals surface area contributed by atoms with Gasteiger partial charge in [0, 0.05) is 67.1 Å². The SMILES string of the molecule is CCCCO[Si]1(C)[Si](C)[Si](C)[Si](C)[Si]2[Si](C)[Si]([Si](C)C)[Si](OCCCC)([Si](C)C)[Si](C)[Si]21. The van der Waals surface area contributed by atoms with Gasteiger partial charge in [-0.05, 0) is 12.8 Å². The van der Waals surface area contributed by atoms with Crippen LogP contribution in [0.4, 0.5) is 0 Å². The topological polar surface area (TPSA) is 18.5 Å². The molecule has 0 saturated carbocycles. The Labute approximate surface area is 217 Å². The zero-order valence-electron chi connectivity index (χ0n) is 23.1. The normalized spacial score (nSPS) is 31.3. The Kier molecular flexibility index (Phi) is 12.3. The quantitative estimate of drug-likeness (QED) is 0.270. The lowest BCUT2D eigenvalue weighted by Gasteiger charge is -2.64. The summed E-state index contributed by atoms with van der Waals surface area (Å²) in [6.07, 6.45) is 5.22. The number of fused-ring (bicyclic) bond motifs is 1. The third-order valence-electron chi connectivity index (χ3n) is 7.86. The standard InChI is InChI=1S/C18H48O2Si12/c1-13-15-17-19-31(12)26(10)23(7)24(8)28-25(9)29(21(3)4)32(22(5)6,20-18-16-14-2)27(11)30(28)31/h13-18H2,1-12H3. The molecule has 0 amide bonds. The number of unbranched alkanes of at least 4 members (excludes halogenated alkanes) is 2. The van der Waals surface area contributed by atoms with Crippen LogP contribution >= 0.6 is 0 Å². The van der Waals surface area contributed by atoms with Crippen molar-refractivity contribution in [2.45, 2.75) is 105 Å². The minimum absolute atomic E-state index is 0.0248. The van der Waals surface area contributed by atoms with E-state index in [2.05, 4.69) is 79.3 Å². The molecule has 0 aromatic rings. The van der Waals surface area contributed by atoms with Crippen LogP contribution < -0.4 is 0 Å². The maximum Gasteiger partial charge on any atom is 0.151 e. The predicted molar refractivity (Wildman–Crippen MR) is 169 cm³/mol. The molecule has 2 unspecified atom stereocenters. The molecule has 0 aliphatic carbocycles. The highest BCUT2D eigenvalue weighted by Gasteiger charge is 2.71. The van der Waals surface area contributed by atoms with Gasteiger partial charge in [0.15, 0.2) is 7.35 Å². The van der Waals surface area contributed by atoms with Crippen molar-refractivity contribution in [1.82, 2.24) is 0 Å². The van der Waals surface area contributed by atoms with Gasteiger partial charge >= 0.3 is 0 Å². The van der Waals surface area contributed by atoms with Crippen molar-refractivity contribution in [2.75, 3.05) is 13.2 Å². The lowest BCUT2D eigenvalue weighted by atomic mass is 10.4. The van der Waals surface area contributed by atoms with Gasteiger partial charge in [-0.1, -0.05) is 92.2 Å². The van der Waals surface area contributed by atoms with Gasteiger partial charge in [0.2, 0.25) is 0 Å². The van der Waals surface area contributed by atoms with E-state index >= 15 is 0 Å². The van der Waals surface area contributed by atoms with E-state index in [1.807, 2.05) is 0 Å². The van der Waals surface area contributed by atoms with Crippen LogP contribution in [0.1, 0.15) is 39.5 Å². The zero-order valence-corrected chi connectivity index (χ0v) is 35.1. The van der Waals surface area contributed by atoms with E-state index in [1.54, 1.807) is 0 Å². The van der Waals surface area contributed by atoms with Gasteiger partial charge in [-0.3, -0.25) is 0 Å². The Morgan fingerprint density at radius 3 is 1.72 bits per heavy atom. The highest BCUT2D eigenvalue weighted by atomic mass is 30.5. The van der Waals surface area contributed by atoms with Crippen molar-refractivity contribution in [3.63, 3.8) is 0 Å². The highest BCUT2D eigenvalue weighted by molar-refractivity contribution is 8.25. The molecule has 0 aromatic heterocycles. The molecule has 14 heteroatoms. The minimum Gasteiger partial charge on any atom is -0.428 e. The van der Waals surface area contributed by atoms with Crippen LogP contribution in [0, 0.1) is 0 Å². The van der Waals surface area contributed by atoms with Gasteiger partial charge in [-0.2, -0.15) is 0 Å². The van der Waals surface area contributed by atoms with Gasteiger partial charge < -0.3 is 8.85 Å². The lowest BCUT2D eigenvalue weighted by Crippen LogP contribution is -2.99. The maximum absolute atomic E-state index is 7.56. The van der Waals surface area contributed by atoms with E-state index < -0.39 is 14.2 Å². The minimum atomic E-state index is -1.52. The molecule has 0 bridgehead atoms. The molecule has 0 aromatic carbocycles. The number of hydrogen-bond donors (Lipinski definition) is 0. The van der Waals surface area contributed by atoms with Crippen molar-refractivity contribution in [3.05, 3.63) is 0 Å². The molecule has 32 heavy (non-hydrogen) atoms. The largest absolute Gasteiger partial charge is 0.428 e. The van der Waals surface area contributed by atoms with Crippen LogP contribution in [-0.4, -0.2) is 105 Å². The molecule has 0 spiro atoms. The molecule has 2 rings (SSSR count). The smallest absolute Gasteiger partial charge is 0.151 e. The summed E-state index contributed by atoms with van der Waals surface area (Å²) in [5.41, 5.74) is 0. The fourth-order valence-electron chi connectivity index (χ4n) is 5.85. The fourth-order valence-corrected chi connectivity index (χ4v) is 455. The Hall–Kier alpha value is 2.52. The Morgan fingerprint density at radius 2 is 1.25 bits per heavy atom. The first-order valence-electron chi connectivity index (χ1n) is 12.6. The molecule has 0 N–H and O–H groups in total. The second-order valence-electron chi connectivity index (χ2n) is 10.4. The van der Waals surface area contributed by atoms with E-state index in [-0.39, 0.29) is 77.8 Å². The zero-order chi connectivity index (χ0) is 24.4. The van der Waals surface area contributed by atoms with Crippen molar-refractivity contribution in [1.29, 1.82) is 0 Å². The molecule has 2 fully saturated rings. The Morgan fingerprint density at radius 1 is 0.719 bits per heavy atom. The summed E-state index contributed by atoms with van der Waals surface area (Å²) in [6, 6.07) is 0. The Bertz CT molecular complexity index is 600. The summed E-state index contributed by atoms with van der Waals surface area (Å²) in [5.74, 6) is 0. The molecule has 2 nitrogen and oxygen atoms in total. The summed E-state index contributed by atoms with van der Waals surface area (Å²) in [4.78, 5) is 0. The summed E-state index contributed by atoms with van der Waals surface area (Å²) < 4.78 is 14.9. The van der Waals surface area contributed by atoms with E-state index in [1.165, 1.54) is 25.7 Å². The summed E-state index contributed by atoms with van der Waals surface area (Å²) in [7, 11) is -3.24. The van der Waals surface area contributed by atoms with Gasteiger partial charge in [0.25, 0.3) is 0 Å². The van der Waals surface area contributed by atoms with Crippen LogP contribution in [0.15, 0.2) is 0 Å². The summed E-state index contributed by atoms with van der Waals surface area (Å²) in [5, 5.41) is 0.